The van der Waals surface area contributed by atoms with Crippen LogP contribution in [0.1, 0.15) is 51.4 Å². The van der Waals surface area contributed by atoms with E-state index in [4.69, 9.17) is 20.9 Å². The normalized spacial score (nSPS) is 13.5. The number of hydrogen-bond donors (Lipinski definition) is 3. The van der Waals surface area contributed by atoms with Gasteiger partial charge in [-0.25, -0.2) is 0 Å². The van der Waals surface area contributed by atoms with Crippen molar-refractivity contribution in [3.63, 3.8) is 0 Å². The van der Waals surface area contributed by atoms with E-state index in [0.717, 1.165) is 42.8 Å². The number of anilines is 1. The molecule has 1 heterocycles. The summed E-state index contributed by atoms with van der Waals surface area (Å²) < 4.78 is 14.5. The van der Waals surface area contributed by atoms with Gasteiger partial charge < -0.3 is 31.2 Å². The molecule has 0 spiro atoms. The molecule has 0 unspecified atom stereocenters. The van der Waals surface area contributed by atoms with Crippen molar-refractivity contribution in [3.05, 3.63) is 34.3 Å². The molecule has 1 fully saturated rings. The first-order valence-electron chi connectivity index (χ1n) is 10.7. The van der Waals surface area contributed by atoms with Crippen LogP contribution in [0.25, 0.3) is 0 Å². The Balaban J connectivity index is 1.78. The van der Waals surface area contributed by atoms with Crippen molar-refractivity contribution in [2.45, 2.75) is 38.1 Å². The number of carbonyl (C=O) groups is 3. The molecule has 11 heteroatoms. The number of hydrogen-bond acceptors (Lipinski definition) is 8. The fourth-order valence-electron chi connectivity index (χ4n) is 3.84. The number of carbonyl (C=O) groups excluding carboxylic acids is 3. The van der Waals surface area contributed by atoms with Crippen LogP contribution >= 0.6 is 11.5 Å². The molecule has 0 aliphatic heterocycles. The lowest BCUT2D eigenvalue weighted by Gasteiger charge is -2.23. The molecule has 1 aromatic carbocycles. The second kappa shape index (κ2) is 11.0. The Morgan fingerprint density at radius 3 is 2.48 bits per heavy atom. The van der Waals surface area contributed by atoms with E-state index in [1.54, 1.807) is 20.3 Å². The molecule has 33 heavy (non-hydrogen) atoms. The molecular formula is C22H29N5O5S. The predicted molar refractivity (Wildman–Crippen MR) is 125 cm³/mol. The number of nitrogens with zero attached hydrogens (tertiary/aromatic N) is 2. The van der Waals surface area contributed by atoms with Gasteiger partial charge in [-0.3, -0.25) is 14.4 Å². The van der Waals surface area contributed by atoms with Crippen molar-refractivity contribution in [2.24, 2.45) is 5.73 Å². The third-order valence-electron chi connectivity index (χ3n) is 5.62. The van der Waals surface area contributed by atoms with E-state index < -0.39 is 11.8 Å². The van der Waals surface area contributed by atoms with E-state index >= 15 is 0 Å². The molecule has 1 saturated carbocycles. The van der Waals surface area contributed by atoms with Gasteiger partial charge in [0.15, 0.2) is 17.2 Å². The Morgan fingerprint density at radius 1 is 1.18 bits per heavy atom. The number of ether oxygens (including phenoxy) is 2. The standard InChI is InChI=1S/C22H29N5O5S/c1-31-15-8-7-13(11-16(15)32-2)9-10-27(12-17(28)25-14-5-3-4-6-14)22(30)20-18(23)19(21(24)29)26-33-20/h7-8,11,14H,3-6,9-10,12,23H2,1-2H3,(H2,24,29)(H,25,28). The molecule has 1 aliphatic rings. The molecule has 0 radical (unpaired) electrons. The van der Waals surface area contributed by atoms with Crippen molar-refractivity contribution in [3.8, 4) is 11.5 Å². The number of rotatable bonds is 10. The summed E-state index contributed by atoms with van der Waals surface area (Å²) in [5.41, 5.74) is 11.9. The molecule has 1 aromatic heterocycles. The first-order chi connectivity index (χ1) is 15.8. The van der Waals surface area contributed by atoms with E-state index in [1.807, 2.05) is 12.1 Å². The highest BCUT2D eigenvalue weighted by molar-refractivity contribution is 7.09. The number of nitrogen functional groups attached to an aromatic ring is 1. The molecular weight excluding hydrogens is 446 g/mol. The molecule has 10 nitrogen and oxygen atoms in total. The van der Waals surface area contributed by atoms with Crippen LogP contribution in [0.3, 0.4) is 0 Å². The maximum absolute atomic E-state index is 13.3. The van der Waals surface area contributed by atoms with Crippen molar-refractivity contribution < 1.29 is 23.9 Å². The Labute approximate surface area is 196 Å². The van der Waals surface area contributed by atoms with Gasteiger partial charge in [0.25, 0.3) is 11.8 Å². The average Bonchev–Trinajstić information content (AvgIpc) is 3.45. The maximum Gasteiger partial charge on any atom is 0.270 e. The number of aromatic nitrogens is 1. The number of nitrogens with two attached hydrogens (primary N) is 2. The molecule has 3 amide bonds. The van der Waals surface area contributed by atoms with Crippen LogP contribution in [0.15, 0.2) is 18.2 Å². The summed E-state index contributed by atoms with van der Waals surface area (Å²) in [6.45, 7) is 0.113. The molecule has 0 bridgehead atoms. The minimum atomic E-state index is -0.807. The van der Waals surface area contributed by atoms with E-state index in [0.29, 0.717) is 17.9 Å². The van der Waals surface area contributed by atoms with Gasteiger partial charge in [0.05, 0.1) is 26.5 Å². The fraction of sp³-hybridized carbons (Fsp3) is 0.455. The monoisotopic (exact) mass is 475 g/mol. The van der Waals surface area contributed by atoms with Gasteiger partial charge in [-0.05, 0) is 48.5 Å². The Hall–Kier alpha value is -3.34. The van der Waals surface area contributed by atoms with Crippen LogP contribution in [0, 0.1) is 0 Å². The number of methoxy groups -OCH3 is 2. The SMILES string of the molecule is COc1ccc(CCN(CC(=O)NC2CCCC2)C(=O)c2snc(C(N)=O)c2N)cc1OC. The summed E-state index contributed by atoms with van der Waals surface area (Å²) in [7, 11) is 3.11. The van der Waals surface area contributed by atoms with E-state index in [-0.39, 0.29) is 41.3 Å². The highest BCUT2D eigenvalue weighted by Crippen LogP contribution is 2.28. The van der Waals surface area contributed by atoms with Crippen molar-refractivity contribution in [2.75, 3.05) is 33.0 Å². The maximum atomic E-state index is 13.3. The van der Waals surface area contributed by atoms with Gasteiger partial charge in [0, 0.05) is 12.6 Å². The lowest BCUT2D eigenvalue weighted by molar-refractivity contribution is -0.122. The lowest BCUT2D eigenvalue weighted by atomic mass is 10.1. The number of benzene rings is 1. The zero-order valence-electron chi connectivity index (χ0n) is 18.8. The van der Waals surface area contributed by atoms with Crippen LogP contribution < -0.4 is 26.3 Å². The Bertz CT molecular complexity index is 1020. The number of nitrogens with one attached hydrogen (secondary N) is 1. The molecule has 0 saturated heterocycles. The summed E-state index contributed by atoms with van der Waals surface area (Å²) in [5, 5.41) is 3.00. The van der Waals surface area contributed by atoms with Crippen molar-refractivity contribution in [1.82, 2.24) is 14.6 Å². The fourth-order valence-corrected chi connectivity index (χ4v) is 4.62. The summed E-state index contributed by atoms with van der Waals surface area (Å²) in [6.07, 6.45) is 4.51. The van der Waals surface area contributed by atoms with Gasteiger partial charge >= 0.3 is 0 Å². The first kappa shape index (κ1) is 24.3. The van der Waals surface area contributed by atoms with Crippen LogP contribution in [-0.4, -0.2) is 60.3 Å². The van der Waals surface area contributed by atoms with Gasteiger partial charge in [-0.15, -0.1) is 0 Å². The quantitative estimate of drug-likeness (QED) is 0.472. The average molecular weight is 476 g/mol. The van der Waals surface area contributed by atoms with Crippen LogP contribution in [0.2, 0.25) is 0 Å². The zero-order chi connectivity index (χ0) is 24.0. The zero-order valence-corrected chi connectivity index (χ0v) is 19.6. The van der Waals surface area contributed by atoms with Gasteiger partial charge in [0.1, 0.15) is 4.88 Å². The molecule has 1 aliphatic carbocycles. The number of amides is 3. The first-order valence-corrected chi connectivity index (χ1v) is 11.5. The van der Waals surface area contributed by atoms with Crippen LogP contribution in [-0.2, 0) is 11.2 Å². The topological polar surface area (TPSA) is 150 Å². The van der Waals surface area contributed by atoms with E-state index in [2.05, 4.69) is 9.69 Å². The molecule has 0 atom stereocenters. The summed E-state index contributed by atoms with van der Waals surface area (Å²) >= 11 is 0.798. The molecule has 3 rings (SSSR count). The number of primary amides is 1. The van der Waals surface area contributed by atoms with Gasteiger partial charge in [0.2, 0.25) is 5.91 Å². The van der Waals surface area contributed by atoms with Gasteiger partial charge in [-0.1, -0.05) is 18.9 Å². The second-order valence-corrected chi connectivity index (χ2v) is 8.63. The highest BCUT2D eigenvalue weighted by Gasteiger charge is 2.27. The molecule has 2 aromatic rings. The largest absolute Gasteiger partial charge is 0.493 e. The summed E-state index contributed by atoms with van der Waals surface area (Å²) in [4.78, 5) is 38.9. The lowest BCUT2D eigenvalue weighted by Crippen LogP contribution is -2.44. The second-order valence-electron chi connectivity index (χ2n) is 7.85. The van der Waals surface area contributed by atoms with E-state index in [1.165, 1.54) is 4.90 Å². The van der Waals surface area contributed by atoms with Crippen LogP contribution in [0.4, 0.5) is 5.69 Å². The van der Waals surface area contributed by atoms with Crippen LogP contribution in [0.5, 0.6) is 11.5 Å². The molecule has 178 valence electrons. The van der Waals surface area contributed by atoms with Gasteiger partial charge in [-0.2, -0.15) is 4.37 Å². The smallest absolute Gasteiger partial charge is 0.270 e. The minimum absolute atomic E-state index is 0.0650. The predicted octanol–water partition coefficient (Wildman–Crippen LogP) is 1.59. The van der Waals surface area contributed by atoms with Crippen molar-refractivity contribution in [1.29, 1.82) is 0 Å². The third kappa shape index (κ3) is 5.92. The van der Waals surface area contributed by atoms with E-state index in [9.17, 15) is 14.4 Å². The Morgan fingerprint density at radius 2 is 1.88 bits per heavy atom. The summed E-state index contributed by atoms with van der Waals surface area (Å²) in [6, 6.07) is 5.62. The summed E-state index contributed by atoms with van der Waals surface area (Å²) in [5.74, 6) is -0.342. The minimum Gasteiger partial charge on any atom is -0.493 e. The molecule has 5 N–H and O–H groups in total. The van der Waals surface area contributed by atoms with Crippen molar-refractivity contribution >= 4 is 34.9 Å². The highest BCUT2D eigenvalue weighted by atomic mass is 32.1. The third-order valence-corrected chi connectivity index (χ3v) is 6.47. The Kier molecular flexibility index (Phi) is 8.10.